The van der Waals surface area contributed by atoms with Crippen LogP contribution in [-0.2, 0) is 9.59 Å². The standard InChI is InChI=1S/C39H54O6/c1-23(2)12-14-28(26(7)8)21-38-22-29(16-13-24(3)4)37(9,10)39(36(38)44,19-18-25(5)6)35(43)32(34(38)42)33(41)27-15-17-31(45-11)30(40)20-27/h13,15,17-18,20,28-29,32,34,40,42H,1,7,12,14,16,19,21-22H2,2-6,8-11H3/t28-,29+,32?,34?,38+,39-/m1/s1. The molecule has 6 atom stereocenters. The van der Waals surface area contributed by atoms with Crippen molar-refractivity contribution in [2.75, 3.05) is 7.11 Å². The van der Waals surface area contributed by atoms with E-state index in [9.17, 15) is 15.0 Å². The van der Waals surface area contributed by atoms with Gasteiger partial charge in [-0.25, -0.2) is 0 Å². The molecule has 2 saturated carbocycles. The zero-order valence-corrected chi connectivity index (χ0v) is 28.9. The van der Waals surface area contributed by atoms with Crippen molar-refractivity contribution < 1.29 is 29.3 Å². The lowest BCUT2D eigenvalue weighted by Crippen LogP contribution is -2.73. The van der Waals surface area contributed by atoms with Crippen molar-refractivity contribution in [1.29, 1.82) is 0 Å². The summed E-state index contributed by atoms with van der Waals surface area (Å²) in [6.45, 7) is 24.2. The maximum absolute atomic E-state index is 15.3. The molecule has 0 aliphatic heterocycles. The lowest BCUT2D eigenvalue weighted by molar-refractivity contribution is -0.198. The number of allylic oxidation sites excluding steroid dienone is 6. The van der Waals surface area contributed by atoms with E-state index < -0.39 is 39.8 Å². The van der Waals surface area contributed by atoms with E-state index in [0.29, 0.717) is 25.7 Å². The molecule has 2 bridgehead atoms. The molecule has 0 amide bonds. The summed E-state index contributed by atoms with van der Waals surface area (Å²) in [5.41, 5.74) is 0.390. The van der Waals surface area contributed by atoms with Gasteiger partial charge in [0.15, 0.2) is 28.8 Å². The van der Waals surface area contributed by atoms with E-state index in [4.69, 9.17) is 4.74 Å². The van der Waals surface area contributed by atoms with Crippen LogP contribution in [-0.4, -0.2) is 40.8 Å². The lowest BCUT2D eigenvalue weighted by Gasteiger charge is -2.64. The molecule has 2 unspecified atom stereocenters. The summed E-state index contributed by atoms with van der Waals surface area (Å²) in [4.78, 5) is 44.7. The Kier molecular flexibility index (Phi) is 11.0. The Morgan fingerprint density at radius 2 is 1.69 bits per heavy atom. The fraction of sp³-hybridized carbons (Fsp3) is 0.564. The number of fused-ring (bicyclic) bond motifs is 2. The van der Waals surface area contributed by atoms with Crippen molar-refractivity contribution in [2.45, 2.75) is 100 Å². The average Bonchev–Trinajstić information content (AvgIpc) is 2.94. The lowest BCUT2D eigenvalue weighted by atomic mass is 9.37. The molecule has 6 heteroatoms. The van der Waals surface area contributed by atoms with Crippen molar-refractivity contribution in [1.82, 2.24) is 0 Å². The third-order valence-corrected chi connectivity index (χ3v) is 10.8. The molecule has 1 aromatic rings. The number of carbonyl (C=O) groups excluding carboxylic acids is 3. The minimum absolute atomic E-state index is 0.0864. The number of Topliss-reactive ketones (excluding diaryl/α,β-unsaturated/α-hetero) is 3. The smallest absolute Gasteiger partial charge is 0.176 e. The van der Waals surface area contributed by atoms with Crippen LogP contribution in [0.1, 0.15) is 104 Å². The number of methoxy groups -OCH3 is 1. The number of hydrogen-bond donors (Lipinski definition) is 2. The summed E-state index contributed by atoms with van der Waals surface area (Å²) in [5.74, 6) is -3.15. The van der Waals surface area contributed by atoms with E-state index in [1.54, 1.807) is 0 Å². The topological polar surface area (TPSA) is 101 Å². The summed E-state index contributed by atoms with van der Waals surface area (Å²) in [6.07, 6.45) is 5.43. The minimum atomic E-state index is -1.54. The summed E-state index contributed by atoms with van der Waals surface area (Å²) in [5, 5.41) is 22.9. The van der Waals surface area contributed by atoms with Crippen molar-refractivity contribution in [3.8, 4) is 11.5 Å². The van der Waals surface area contributed by atoms with Gasteiger partial charge < -0.3 is 14.9 Å². The van der Waals surface area contributed by atoms with Gasteiger partial charge in [-0.1, -0.05) is 54.9 Å². The van der Waals surface area contributed by atoms with E-state index in [0.717, 1.165) is 28.7 Å². The van der Waals surface area contributed by atoms with E-state index >= 15 is 9.59 Å². The fourth-order valence-corrected chi connectivity index (χ4v) is 7.80. The first-order chi connectivity index (χ1) is 20.9. The molecule has 2 aliphatic carbocycles. The number of ether oxygens (including phenoxy) is 1. The highest BCUT2D eigenvalue weighted by Crippen LogP contribution is 2.67. The Labute approximate surface area is 270 Å². The Hall–Kier alpha value is -3.25. The largest absolute Gasteiger partial charge is 0.504 e. The number of phenols is 1. The Morgan fingerprint density at radius 1 is 1.07 bits per heavy atom. The number of aliphatic hydroxyl groups excluding tert-OH is 1. The molecule has 2 fully saturated rings. The highest BCUT2D eigenvalue weighted by atomic mass is 16.5. The van der Waals surface area contributed by atoms with Gasteiger partial charge in [0.25, 0.3) is 0 Å². The van der Waals surface area contributed by atoms with Crippen LogP contribution in [0.2, 0.25) is 0 Å². The molecule has 0 radical (unpaired) electrons. The van der Waals surface area contributed by atoms with Crippen molar-refractivity contribution in [3.05, 3.63) is 71.4 Å². The van der Waals surface area contributed by atoms with Crippen LogP contribution in [0.15, 0.2) is 65.8 Å². The third-order valence-electron chi connectivity index (χ3n) is 10.8. The second-order valence-electron chi connectivity index (χ2n) is 14.8. The fourth-order valence-electron chi connectivity index (χ4n) is 7.80. The quantitative estimate of drug-likeness (QED) is 0.131. The molecule has 1 aromatic carbocycles. The first kappa shape index (κ1) is 36.2. The Morgan fingerprint density at radius 3 is 2.20 bits per heavy atom. The van der Waals surface area contributed by atoms with E-state index in [1.807, 2.05) is 61.5 Å². The van der Waals surface area contributed by atoms with Gasteiger partial charge in [0.05, 0.1) is 24.0 Å². The van der Waals surface area contributed by atoms with Crippen molar-refractivity contribution in [3.63, 3.8) is 0 Å². The van der Waals surface area contributed by atoms with Crippen LogP contribution in [0, 0.1) is 34.0 Å². The summed E-state index contributed by atoms with van der Waals surface area (Å²) >= 11 is 0. The van der Waals surface area contributed by atoms with Gasteiger partial charge in [-0.3, -0.25) is 14.4 Å². The molecule has 3 rings (SSSR count). The van der Waals surface area contributed by atoms with E-state index in [-0.39, 0.29) is 41.1 Å². The van der Waals surface area contributed by atoms with Crippen LogP contribution in [0.25, 0.3) is 0 Å². The van der Waals surface area contributed by atoms with E-state index in [2.05, 4.69) is 19.2 Å². The van der Waals surface area contributed by atoms with Crippen molar-refractivity contribution >= 4 is 17.3 Å². The minimum Gasteiger partial charge on any atom is -0.504 e. The molecule has 2 aliphatic rings. The second kappa shape index (κ2) is 13.6. The number of ketones is 3. The molecular formula is C39H54O6. The summed E-state index contributed by atoms with van der Waals surface area (Å²) in [7, 11) is 1.41. The van der Waals surface area contributed by atoms with Gasteiger partial charge in [-0.05, 0) is 116 Å². The molecule has 45 heavy (non-hydrogen) atoms. The number of phenolic OH excluding ortho intramolecular Hbond substituents is 1. The number of aliphatic hydroxyl groups is 1. The molecule has 0 aromatic heterocycles. The van der Waals surface area contributed by atoms with Crippen LogP contribution in [0.3, 0.4) is 0 Å². The summed E-state index contributed by atoms with van der Waals surface area (Å²) < 4.78 is 5.17. The summed E-state index contributed by atoms with van der Waals surface area (Å²) in [6, 6.07) is 4.24. The van der Waals surface area contributed by atoms with Gasteiger partial charge in [-0.2, -0.15) is 0 Å². The third kappa shape index (κ3) is 6.54. The van der Waals surface area contributed by atoms with Gasteiger partial charge in [-0.15, -0.1) is 6.58 Å². The normalized spacial score (nSPS) is 27.7. The molecule has 6 nitrogen and oxygen atoms in total. The van der Waals surface area contributed by atoms with Gasteiger partial charge in [0.1, 0.15) is 5.92 Å². The Balaban J connectivity index is 2.36. The molecular weight excluding hydrogens is 564 g/mol. The maximum Gasteiger partial charge on any atom is 0.176 e. The number of carbonyl (C=O) groups is 3. The number of hydrogen-bond acceptors (Lipinski definition) is 6. The maximum atomic E-state index is 15.3. The SMILES string of the molecule is C=C(C)CC[C@H](C[C@]12C[C@H](CC=C(C)C)C(C)(C)[C@](CC=C(C)C)(C(=O)C(C(=O)c3ccc(OC)c(O)c3)C1O)C2=O)C(=C)C. The van der Waals surface area contributed by atoms with Gasteiger partial charge in [0, 0.05) is 5.56 Å². The molecule has 0 heterocycles. The molecule has 0 saturated heterocycles. The van der Waals surface area contributed by atoms with E-state index in [1.165, 1.54) is 25.3 Å². The van der Waals surface area contributed by atoms with Gasteiger partial charge in [0.2, 0.25) is 0 Å². The molecule has 0 spiro atoms. The molecule has 246 valence electrons. The predicted molar refractivity (Wildman–Crippen MR) is 180 cm³/mol. The number of benzene rings is 1. The van der Waals surface area contributed by atoms with Gasteiger partial charge >= 0.3 is 0 Å². The Bertz CT molecular complexity index is 1420. The van der Waals surface area contributed by atoms with Crippen LogP contribution in [0.4, 0.5) is 0 Å². The van der Waals surface area contributed by atoms with Crippen LogP contribution < -0.4 is 4.74 Å². The number of rotatable bonds is 13. The number of aromatic hydroxyl groups is 1. The zero-order valence-electron chi connectivity index (χ0n) is 28.9. The van der Waals surface area contributed by atoms with Crippen LogP contribution in [0.5, 0.6) is 11.5 Å². The average molecular weight is 619 g/mol. The zero-order chi connectivity index (χ0) is 34.1. The highest BCUT2D eigenvalue weighted by molar-refractivity contribution is 6.23. The first-order valence-corrected chi connectivity index (χ1v) is 16.1. The van der Waals surface area contributed by atoms with Crippen LogP contribution >= 0.6 is 0 Å². The predicted octanol–water partition coefficient (Wildman–Crippen LogP) is 8.38. The molecule has 2 N–H and O–H groups in total. The van der Waals surface area contributed by atoms with Crippen molar-refractivity contribution in [2.24, 2.45) is 34.0 Å². The first-order valence-electron chi connectivity index (χ1n) is 16.1. The highest BCUT2D eigenvalue weighted by Gasteiger charge is 2.75. The second-order valence-corrected chi connectivity index (χ2v) is 14.8. The monoisotopic (exact) mass is 618 g/mol.